The fraction of sp³-hybridized carbons (Fsp3) is 0.381. The van der Waals surface area contributed by atoms with Gasteiger partial charge in [0, 0.05) is 6.07 Å². The van der Waals surface area contributed by atoms with Gasteiger partial charge in [0.25, 0.3) is 0 Å². The summed E-state index contributed by atoms with van der Waals surface area (Å²) in [5.74, 6) is -0.0300. The molecular weight excluding hydrogens is 316 g/mol. The first-order valence-corrected chi connectivity index (χ1v) is 8.87. The van der Waals surface area contributed by atoms with Crippen molar-refractivity contribution in [3.05, 3.63) is 59.7 Å². The Hall–Kier alpha value is -2.49. The van der Waals surface area contributed by atoms with E-state index < -0.39 is 5.97 Å². The molecule has 0 heterocycles. The third-order valence-electron chi connectivity index (χ3n) is 3.94. The van der Waals surface area contributed by atoms with Crippen LogP contribution >= 0.6 is 0 Å². The van der Waals surface area contributed by atoms with E-state index >= 15 is 0 Å². The first-order valence-electron chi connectivity index (χ1n) is 8.87. The molecule has 0 saturated heterocycles. The molecule has 0 aliphatic rings. The van der Waals surface area contributed by atoms with Crippen molar-refractivity contribution in [2.45, 2.75) is 45.6 Å². The number of hydrogen-bond donors (Lipinski definition) is 1. The molecule has 0 fully saturated rings. The lowest BCUT2D eigenvalue weighted by Gasteiger charge is -2.12. The maximum absolute atomic E-state index is 11.4. The van der Waals surface area contributed by atoms with E-state index in [9.17, 15) is 9.90 Å². The largest absolute Gasteiger partial charge is 0.493 e. The molecule has 4 nitrogen and oxygen atoms in total. The van der Waals surface area contributed by atoms with Gasteiger partial charge in [-0.1, -0.05) is 62.9 Å². The van der Waals surface area contributed by atoms with Crippen LogP contribution in [0.5, 0.6) is 11.5 Å². The highest BCUT2D eigenvalue weighted by atomic mass is 16.5. The Morgan fingerprint density at radius 1 is 0.960 bits per heavy atom. The van der Waals surface area contributed by atoms with Crippen molar-refractivity contribution in [1.82, 2.24) is 0 Å². The summed E-state index contributed by atoms with van der Waals surface area (Å²) < 4.78 is 11.5. The van der Waals surface area contributed by atoms with E-state index in [-0.39, 0.29) is 5.56 Å². The lowest BCUT2D eigenvalue weighted by Crippen LogP contribution is -2.05. The molecule has 0 saturated carbocycles. The molecule has 1 N–H and O–H groups in total. The van der Waals surface area contributed by atoms with E-state index in [1.54, 1.807) is 12.1 Å². The summed E-state index contributed by atoms with van der Waals surface area (Å²) in [5, 5.41) is 9.33. The van der Waals surface area contributed by atoms with Gasteiger partial charge in [0.15, 0.2) is 0 Å². The number of carboxylic acid groups (broad SMARTS) is 1. The van der Waals surface area contributed by atoms with Gasteiger partial charge in [-0.3, -0.25) is 0 Å². The molecule has 0 aliphatic heterocycles. The third-order valence-corrected chi connectivity index (χ3v) is 3.94. The van der Waals surface area contributed by atoms with Crippen LogP contribution in [0.4, 0.5) is 0 Å². The second-order valence-electron chi connectivity index (χ2n) is 6.00. The summed E-state index contributed by atoms with van der Waals surface area (Å²) in [6.45, 7) is 3.15. The zero-order valence-corrected chi connectivity index (χ0v) is 14.7. The van der Waals surface area contributed by atoms with Crippen LogP contribution in [0.2, 0.25) is 0 Å². The summed E-state index contributed by atoms with van der Waals surface area (Å²) in [4.78, 5) is 11.4. The van der Waals surface area contributed by atoms with Crippen molar-refractivity contribution in [3.8, 4) is 11.5 Å². The number of rotatable bonds is 11. The molecule has 2 aromatic carbocycles. The van der Waals surface area contributed by atoms with Crippen LogP contribution in [0.25, 0.3) is 0 Å². The highest BCUT2D eigenvalue weighted by molar-refractivity contribution is 5.91. The van der Waals surface area contributed by atoms with E-state index in [1.807, 2.05) is 30.3 Å². The molecule has 0 atom stereocenters. The minimum atomic E-state index is -1.01. The van der Waals surface area contributed by atoms with Gasteiger partial charge in [-0.25, -0.2) is 4.79 Å². The average molecular weight is 342 g/mol. The highest BCUT2D eigenvalue weighted by Crippen LogP contribution is 2.26. The van der Waals surface area contributed by atoms with Crippen LogP contribution in [0.1, 0.15) is 54.9 Å². The molecule has 0 unspecified atom stereocenters. The predicted molar refractivity (Wildman–Crippen MR) is 98.4 cm³/mol. The Morgan fingerprint density at radius 2 is 1.72 bits per heavy atom. The molecule has 0 amide bonds. The molecule has 0 aliphatic carbocycles. The molecule has 25 heavy (non-hydrogen) atoms. The van der Waals surface area contributed by atoms with Gasteiger partial charge in [-0.05, 0) is 24.1 Å². The third kappa shape index (κ3) is 6.49. The van der Waals surface area contributed by atoms with E-state index in [2.05, 4.69) is 6.92 Å². The topological polar surface area (TPSA) is 55.8 Å². The Bertz CT molecular complexity index is 652. The van der Waals surface area contributed by atoms with Crippen LogP contribution in [0, 0.1) is 0 Å². The molecule has 2 rings (SSSR count). The van der Waals surface area contributed by atoms with Crippen LogP contribution in [0.15, 0.2) is 48.5 Å². The second-order valence-corrected chi connectivity index (χ2v) is 6.00. The van der Waals surface area contributed by atoms with E-state index in [0.29, 0.717) is 24.7 Å². The van der Waals surface area contributed by atoms with E-state index in [0.717, 1.165) is 18.4 Å². The molecular formula is C21H26O4. The summed E-state index contributed by atoms with van der Waals surface area (Å²) in [6.07, 6.45) is 5.85. The number of carbonyl (C=O) groups is 1. The first kappa shape index (κ1) is 18.8. The zero-order valence-electron chi connectivity index (χ0n) is 14.7. The Balaban J connectivity index is 1.94. The number of unbranched alkanes of at least 4 members (excludes halogenated alkanes) is 4. The van der Waals surface area contributed by atoms with Crippen molar-refractivity contribution in [2.24, 2.45) is 0 Å². The minimum absolute atomic E-state index is 0.145. The number of hydrogen-bond acceptors (Lipinski definition) is 3. The molecule has 4 heteroatoms. The maximum Gasteiger partial charge on any atom is 0.339 e. The summed E-state index contributed by atoms with van der Waals surface area (Å²) >= 11 is 0. The summed E-state index contributed by atoms with van der Waals surface area (Å²) in [5.41, 5.74) is 1.13. The Kier molecular flexibility index (Phi) is 7.83. The van der Waals surface area contributed by atoms with E-state index in [4.69, 9.17) is 9.47 Å². The van der Waals surface area contributed by atoms with Gasteiger partial charge in [0.1, 0.15) is 23.7 Å². The van der Waals surface area contributed by atoms with Gasteiger partial charge in [0.05, 0.1) is 6.61 Å². The molecule has 0 aromatic heterocycles. The maximum atomic E-state index is 11.4. The fourth-order valence-electron chi connectivity index (χ4n) is 2.52. The fourth-order valence-corrected chi connectivity index (χ4v) is 2.52. The SMILES string of the molecule is CCCCCCCOc1ccc(C(=O)O)c(OCc2ccccc2)c1. The predicted octanol–water partition coefficient (Wildman–Crippen LogP) is 5.31. The summed E-state index contributed by atoms with van der Waals surface area (Å²) in [6, 6.07) is 14.6. The van der Waals surface area contributed by atoms with Crippen LogP contribution in [0.3, 0.4) is 0 Å². The van der Waals surface area contributed by atoms with Crippen molar-refractivity contribution in [1.29, 1.82) is 0 Å². The number of ether oxygens (including phenoxy) is 2. The second kappa shape index (κ2) is 10.4. The van der Waals surface area contributed by atoms with Crippen molar-refractivity contribution in [3.63, 3.8) is 0 Å². The van der Waals surface area contributed by atoms with Crippen LogP contribution in [-0.4, -0.2) is 17.7 Å². The molecule has 0 spiro atoms. The van der Waals surface area contributed by atoms with Gasteiger partial charge >= 0.3 is 5.97 Å². The average Bonchev–Trinajstić information content (AvgIpc) is 2.63. The monoisotopic (exact) mass is 342 g/mol. The van der Waals surface area contributed by atoms with Gasteiger partial charge in [0.2, 0.25) is 0 Å². The number of aromatic carboxylic acids is 1. The highest BCUT2D eigenvalue weighted by Gasteiger charge is 2.13. The number of benzene rings is 2. The normalized spacial score (nSPS) is 10.4. The lowest BCUT2D eigenvalue weighted by atomic mass is 10.1. The van der Waals surface area contributed by atoms with Crippen LogP contribution in [-0.2, 0) is 6.61 Å². The smallest absolute Gasteiger partial charge is 0.339 e. The minimum Gasteiger partial charge on any atom is -0.493 e. The summed E-state index contributed by atoms with van der Waals surface area (Å²) in [7, 11) is 0. The first-order chi connectivity index (χ1) is 12.2. The number of carboxylic acids is 1. The standard InChI is InChI=1S/C21H26O4/c1-2-3-4-5-9-14-24-18-12-13-19(21(22)23)20(15-18)25-16-17-10-7-6-8-11-17/h6-8,10-13,15H,2-5,9,14,16H2,1H3,(H,22,23). The quantitative estimate of drug-likeness (QED) is 0.562. The Morgan fingerprint density at radius 3 is 2.44 bits per heavy atom. The van der Waals surface area contributed by atoms with Crippen molar-refractivity contribution < 1.29 is 19.4 Å². The van der Waals surface area contributed by atoms with Crippen molar-refractivity contribution >= 4 is 5.97 Å². The van der Waals surface area contributed by atoms with Crippen molar-refractivity contribution in [2.75, 3.05) is 6.61 Å². The van der Waals surface area contributed by atoms with Gasteiger partial charge in [-0.15, -0.1) is 0 Å². The molecule has 0 radical (unpaired) electrons. The Labute approximate surface area is 149 Å². The molecule has 0 bridgehead atoms. The lowest BCUT2D eigenvalue weighted by molar-refractivity contribution is 0.0691. The van der Waals surface area contributed by atoms with Gasteiger partial charge < -0.3 is 14.6 Å². The van der Waals surface area contributed by atoms with Gasteiger partial charge in [-0.2, -0.15) is 0 Å². The zero-order chi connectivity index (χ0) is 17.9. The molecule has 134 valence electrons. The van der Waals surface area contributed by atoms with E-state index in [1.165, 1.54) is 25.3 Å². The van der Waals surface area contributed by atoms with Crippen LogP contribution < -0.4 is 9.47 Å². The molecule has 2 aromatic rings.